The molecule has 0 atom stereocenters. The predicted molar refractivity (Wildman–Crippen MR) is 83.1 cm³/mol. The second-order valence-electron chi connectivity index (χ2n) is 4.76. The number of nitrogens with zero attached hydrogens (tertiary/aromatic N) is 1. The summed E-state index contributed by atoms with van der Waals surface area (Å²) >= 11 is 6.07. The Hall–Kier alpha value is -2.40. The summed E-state index contributed by atoms with van der Waals surface area (Å²) in [5.74, 6) is 0. The Morgan fingerprint density at radius 2 is 2.05 bits per heavy atom. The maximum absolute atomic E-state index is 12.6. The molecule has 1 heterocycles. The lowest BCUT2D eigenvalue weighted by molar-refractivity contribution is -0.383. The van der Waals surface area contributed by atoms with Gasteiger partial charge in [-0.3, -0.25) is 14.9 Å². The zero-order valence-corrected chi connectivity index (χ0v) is 11.9. The van der Waals surface area contributed by atoms with E-state index in [1.54, 1.807) is 12.1 Å². The SMILES string of the molecule is CCc1ccc2[nH]c3c([N+](=O)[O-])ccc(Cl)c3c(=O)c2c1. The Balaban J connectivity index is 2.55. The van der Waals surface area contributed by atoms with Crippen LogP contribution in [-0.4, -0.2) is 9.91 Å². The van der Waals surface area contributed by atoms with Crippen molar-refractivity contribution in [1.29, 1.82) is 0 Å². The van der Waals surface area contributed by atoms with Gasteiger partial charge < -0.3 is 4.98 Å². The quantitative estimate of drug-likeness (QED) is 0.444. The molecular formula is C15H11ClN2O3. The molecule has 0 fully saturated rings. The maximum atomic E-state index is 12.6. The zero-order valence-electron chi connectivity index (χ0n) is 11.1. The molecule has 1 N–H and O–H groups in total. The van der Waals surface area contributed by atoms with E-state index in [2.05, 4.69) is 4.98 Å². The highest BCUT2D eigenvalue weighted by atomic mass is 35.5. The fraction of sp³-hybridized carbons (Fsp3) is 0.133. The summed E-state index contributed by atoms with van der Waals surface area (Å²) in [6, 6.07) is 8.13. The van der Waals surface area contributed by atoms with Gasteiger partial charge in [0.05, 0.1) is 15.3 Å². The lowest BCUT2D eigenvalue weighted by Crippen LogP contribution is -2.07. The van der Waals surface area contributed by atoms with Crippen molar-refractivity contribution in [3.8, 4) is 0 Å². The van der Waals surface area contributed by atoms with Crippen molar-refractivity contribution in [2.24, 2.45) is 0 Å². The number of H-pyrrole nitrogens is 1. The summed E-state index contributed by atoms with van der Waals surface area (Å²) in [6.45, 7) is 1.99. The molecule has 5 nitrogen and oxygen atoms in total. The van der Waals surface area contributed by atoms with Gasteiger partial charge in [-0.1, -0.05) is 24.6 Å². The fourth-order valence-corrected chi connectivity index (χ4v) is 2.69. The number of aromatic nitrogens is 1. The molecule has 3 rings (SSSR count). The van der Waals surface area contributed by atoms with Crippen LogP contribution in [0.15, 0.2) is 35.1 Å². The second kappa shape index (κ2) is 4.86. The molecule has 0 saturated carbocycles. The number of hydrogen-bond acceptors (Lipinski definition) is 3. The van der Waals surface area contributed by atoms with Gasteiger partial charge >= 0.3 is 0 Å². The highest BCUT2D eigenvalue weighted by Crippen LogP contribution is 2.29. The lowest BCUT2D eigenvalue weighted by atomic mass is 10.1. The van der Waals surface area contributed by atoms with E-state index in [9.17, 15) is 14.9 Å². The van der Waals surface area contributed by atoms with Gasteiger partial charge in [-0.05, 0) is 30.2 Å². The van der Waals surface area contributed by atoms with Crippen molar-refractivity contribution in [1.82, 2.24) is 4.98 Å². The molecule has 0 amide bonds. The minimum atomic E-state index is -0.527. The van der Waals surface area contributed by atoms with Crippen molar-refractivity contribution in [3.05, 3.63) is 61.3 Å². The van der Waals surface area contributed by atoms with Gasteiger partial charge in [0, 0.05) is 17.0 Å². The van der Waals surface area contributed by atoms with Gasteiger partial charge in [0.15, 0.2) is 5.43 Å². The Labute approximate surface area is 124 Å². The molecule has 0 saturated heterocycles. The highest BCUT2D eigenvalue weighted by Gasteiger charge is 2.18. The third-order valence-corrected chi connectivity index (χ3v) is 3.87. The largest absolute Gasteiger partial charge is 0.349 e. The minimum absolute atomic E-state index is 0.159. The van der Waals surface area contributed by atoms with Crippen LogP contribution >= 0.6 is 11.6 Å². The molecule has 0 unspecified atom stereocenters. The van der Waals surface area contributed by atoms with E-state index in [4.69, 9.17) is 11.6 Å². The number of nitro benzene ring substituents is 1. The van der Waals surface area contributed by atoms with E-state index >= 15 is 0 Å². The first-order valence-corrected chi connectivity index (χ1v) is 6.82. The van der Waals surface area contributed by atoms with Crippen LogP contribution in [0.3, 0.4) is 0 Å². The fourth-order valence-electron chi connectivity index (χ4n) is 2.44. The van der Waals surface area contributed by atoms with E-state index in [1.165, 1.54) is 12.1 Å². The van der Waals surface area contributed by atoms with Gasteiger partial charge in [0.25, 0.3) is 5.69 Å². The Morgan fingerprint density at radius 1 is 1.29 bits per heavy atom. The number of nitrogens with one attached hydrogen (secondary N) is 1. The van der Waals surface area contributed by atoms with E-state index in [1.807, 2.05) is 13.0 Å². The number of benzene rings is 2. The van der Waals surface area contributed by atoms with E-state index < -0.39 is 4.92 Å². The van der Waals surface area contributed by atoms with Crippen LogP contribution in [0.25, 0.3) is 21.8 Å². The van der Waals surface area contributed by atoms with Crippen LogP contribution < -0.4 is 5.43 Å². The molecule has 106 valence electrons. The van der Waals surface area contributed by atoms with Gasteiger partial charge in [0.2, 0.25) is 0 Å². The summed E-state index contributed by atoms with van der Waals surface area (Å²) in [6.07, 6.45) is 0.802. The number of fused-ring (bicyclic) bond motifs is 2. The number of halogens is 1. The molecule has 0 bridgehead atoms. The third kappa shape index (κ3) is 2.06. The Bertz CT molecular complexity index is 947. The monoisotopic (exact) mass is 302 g/mol. The smallest absolute Gasteiger partial charge is 0.293 e. The van der Waals surface area contributed by atoms with Gasteiger partial charge in [-0.2, -0.15) is 0 Å². The highest BCUT2D eigenvalue weighted by molar-refractivity contribution is 6.36. The molecular weight excluding hydrogens is 292 g/mol. The second-order valence-corrected chi connectivity index (χ2v) is 5.17. The summed E-state index contributed by atoms with van der Waals surface area (Å²) in [4.78, 5) is 26.2. The molecule has 0 spiro atoms. The molecule has 0 aliphatic carbocycles. The van der Waals surface area contributed by atoms with Crippen LogP contribution in [0, 0.1) is 10.1 Å². The van der Waals surface area contributed by atoms with E-state index in [0.29, 0.717) is 10.9 Å². The average molecular weight is 303 g/mol. The summed E-state index contributed by atoms with van der Waals surface area (Å²) in [5, 5.41) is 12.0. The lowest BCUT2D eigenvalue weighted by Gasteiger charge is -2.06. The first kappa shape index (κ1) is 13.6. The Morgan fingerprint density at radius 3 is 2.71 bits per heavy atom. The summed E-state index contributed by atoms with van der Waals surface area (Å²) < 4.78 is 0. The maximum Gasteiger partial charge on any atom is 0.293 e. The number of nitro groups is 1. The number of non-ortho nitro benzene ring substituents is 1. The van der Waals surface area contributed by atoms with Crippen molar-refractivity contribution >= 4 is 39.1 Å². The van der Waals surface area contributed by atoms with E-state index in [-0.39, 0.29) is 27.0 Å². The van der Waals surface area contributed by atoms with Crippen molar-refractivity contribution in [3.63, 3.8) is 0 Å². The van der Waals surface area contributed by atoms with Crippen molar-refractivity contribution in [2.45, 2.75) is 13.3 Å². The first-order valence-electron chi connectivity index (χ1n) is 6.44. The molecule has 2 aromatic carbocycles. The summed E-state index contributed by atoms with van der Waals surface area (Å²) in [5.41, 5.74) is 1.30. The molecule has 0 aliphatic heterocycles. The number of pyridine rings is 1. The van der Waals surface area contributed by atoms with E-state index in [0.717, 1.165) is 12.0 Å². The minimum Gasteiger partial charge on any atom is -0.349 e. The molecule has 1 aromatic heterocycles. The molecule has 6 heteroatoms. The van der Waals surface area contributed by atoms with Crippen LogP contribution in [0.2, 0.25) is 5.02 Å². The van der Waals surface area contributed by atoms with Gasteiger partial charge in [-0.15, -0.1) is 0 Å². The Kier molecular flexibility index (Phi) is 3.14. The normalized spacial score (nSPS) is 11.1. The number of rotatable bonds is 2. The van der Waals surface area contributed by atoms with Crippen LogP contribution in [0.4, 0.5) is 5.69 Å². The van der Waals surface area contributed by atoms with Gasteiger partial charge in [-0.25, -0.2) is 0 Å². The average Bonchev–Trinajstić information content (AvgIpc) is 2.46. The molecule has 3 aromatic rings. The number of aromatic amines is 1. The van der Waals surface area contributed by atoms with Crippen molar-refractivity contribution in [2.75, 3.05) is 0 Å². The predicted octanol–water partition coefficient (Wildman–Crippen LogP) is 3.81. The first-order chi connectivity index (χ1) is 10.0. The topological polar surface area (TPSA) is 76.0 Å². The number of aryl methyl sites for hydroxylation is 1. The molecule has 0 radical (unpaired) electrons. The summed E-state index contributed by atoms with van der Waals surface area (Å²) in [7, 11) is 0. The van der Waals surface area contributed by atoms with Crippen LogP contribution in [0.1, 0.15) is 12.5 Å². The van der Waals surface area contributed by atoms with Crippen LogP contribution in [0.5, 0.6) is 0 Å². The molecule has 21 heavy (non-hydrogen) atoms. The zero-order chi connectivity index (χ0) is 15.1. The number of hydrogen-bond donors (Lipinski definition) is 1. The third-order valence-electron chi connectivity index (χ3n) is 3.55. The van der Waals surface area contributed by atoms with Crippen molar-refractivity contribution < 1.29 is 4.92 Å². The standard InChI is InChI=1S/C15H11ClN2O3/c1-2-8-3-5-11-9(7-8)15(19)13-10(16)4-6-12(18(20)21)14(13)17-11/h3-7H,2H2,1H3,(H,17,19). The van der Waals surface area contributed by atoms with Crippen LogP contribution in [-0.2, 0) is 6.42 Å². The molecule has 0 aliphatic rings. The van der Waals surface area contributed by atoms with Gasteiger partial charge in [0.1, 0.15) is 5.52 Å².